The van der Waals surface area contributed by atoms with Crippen LogP contribution in [0.1, 0.15) is 12.8 Å². The van der Waals surface area contributed by atoms with Gasteiger partial charge in [-0.2, -0.15) is 5.10 Å². The van der Waals surface area contributed by atoms with Crippen molar-refractivity contribution in [3.8, 4) is 5.75 Å². The van der Waals surface area contributed by atoms with E-state index < -0.39 is 0 Å². The first-order valence-corrected chi connectivity index (χ1v) is 6.33. The van der Waals surface area contributed by atoms with E-state index in [2.05, 4.69) is 5.10 Å². The van der Waals surface area contributed by atoms with Crippen molar-refractivity contribution in [2.24, 2.45) is 5.10 Å². The number of carbonyl (C=O) groups excluding carboxylic acids is 1. The molecule has 0 fully saturated rings. The molecule has 1 amide bonds. The van der Waals surface area contributed by atoms with Crippen molar-refractivity contribution < 1.29 is 14.3 Å². The molecule has 0 spiro atoms. The third kappa shape index (κ3) is 4.06. The van der Waals surface area contributed by atoms with Gasteiger partial charge in [0.25, 0.3) is 0 Å². The van der Waals surface area contributed by atoms with Crippen molar-refractivity contribution in [1.82, 2.24) is 5.01 Å². The van der Waals surface area contributed by atoms with Gasteiger partial charge in [0.05, 0.1) is 25.3 Å². The van der Waals surface area contributed by atoms with Crippen molar-refractivity contribution in [1.29, 1.82) is 0 Å². The molecule has 0 unspecified atom stereocenters. The Bertz CT molecular complexity index is 445. The highest BCUT2D eigenvalue weighted by Crippen LogP contribution is 2.11. The van der Waals surface area contributed by atoms with E-state index >= 15 is 0 Å². The van der Waals surface area contributed by atoms with Gasteiger partial charge in [-0.3, -0.25) is 4.79 Å². The Balaban J connectivity index is 1.70. The Labute approximate surface area is 112 Å². The molecule has 102 valence electrons. The van der Waals surface area contributed by atoms with Crippen LogP contribution >= 0.6 is 0 Å². The first-order valence-electron chi connectivity index (χ1n) is 6.33. The topological polar surface area (TPSA) is 51.1 Å². The van der Waals surface area contributed by atoms with Crippen LogP contribution in [0.3, 0.4) is 0 Å². The lowest BCUT2D eigenvalue weighted by Crippen LogP contribution is -2.23. The van der Waals surface area contributed by atoms with Crippen LogP contribution < -0.4 is 4.74 Å². The molecule has 0 saturated heterocycles. The van der Waals surface area contributed by atoms with Crippen LogP contribution in [-0.4, -0.2) is 43.5 Å². The van der Waals surface area contributed by atoms with Gasteiger partial charge in [-0.25, -0.2) is 5.01 Å². The Hall–Kier alpha value is -1.88. The maximum atomic E-state index is 11.6. The van der Waals surface area contributed by atoms with E-state index in [4.69, 9.17) is 9.47 Å². The Morgan fingerprint density at radius 3 is 2.84 bits per heavy atom. The molecule has 0 N–H and O–H groups in total. The van der Waals surface area contributed by atoms with E-state index in [0.717, 1.165) is 17.9 Å². The van der Waals surface area contributed by atoms with Gasteiger partial charge in [0.2, 0.25) is 5.91 Å². The van der Waals surface area contributed by atoms with E-state index in [9.17, 15) is 4.79 Å². The van der Waals surface area contributed by atoms with Gasteiger partial charge in [-0.1, -0.05) is 18.2 Å². The number of benzene rings is 1. The van der Waals surface area contributed by atoms with Gasteiger partial charge < -0.3 is 9.47 Å². The van der Waals surface area contributed by atoms with Crippen LogP contribution in [0.2, 0.25) is 0 Å². The summed E-state index contributed by atoms with van der Waals surface area (Å²) in [5.74, 6) is 0.880. The van der Waals surface area contributed by atoms with Crippen LogP contribution in [0.25, 0.3) is 0 Å². The van der Waals surface area contributed by atoms with Crippen molar-refractivity contribution >= 4 is 11.6 Å². The molecular weight excluding hydrogens is 244 g/mol. The lowest BCUT2D eigenvalue weighted by molar-refractivity contribution is -0.128. The fourth-order valence-corrected chi connectivity index (χ4v) is 1.87. The number of hydrogen-bond acceptors (Lipinski definition) is 4. The quantitative estimate of drug-likeness (QED) is 0.703. The molecule has 5 heteroatoms. The fraction of sp³-hybridized carbons (Fsp3) is 0.429. The molecule has 1 aromatic carbocycles. The van der Waals surface area contributed by atoms with Crippen molar-refractivity contribution in [3.05, 3.63) is 30.3 Å². The number of amides is 1. The van der Waals surface area contributed by atoms with Crippen molar-refractivity contribution in [3.63, 3.8) is 0 Å². The minimum absolute atomic E-state index is 0.0340. The molecule has 0 atom stereocenters. The van der Waals surface area contributed by atoms with Gasteiger partial charge in [0.1, 0.15) is 5.75 Å². The zero-order valence-corrected chi connectivity index (χ0v) is 11.0. The van der Waals surface area contributed by atoms with Crippen molar-refractivity contribution in [2.75, 3.05) is 26.9 Å². The third-order valence-corrected chi connectivity index (χ3v) is 2.74. The van der Waals surface area contributed by atoms with Crippen LogP contribution in [-0.2, 0) is 9.53 Å². The average molecular weight is 262 g/mol. The number of hydrogen-bond donors (Lipinski definition) is 0. The summed E-state index contributed by atoms with van der Waals surface area (Å²) in [6.07, 6.45) is 1.12. The summed E-state index contributed by atoms with van der Waals surface area (Å²) in [6.45, 7) is 1.57. The summed E-state index contributed by atoms with van der Waals surface area (Å²) >= 11 is 0. The number of para-hydroxylation sites is 1. The van der Waals surface area contributed by atoms with E-state index in [1.54, 1.807) is 7.11 Å². The molecule has 1 aliphatic heterocycles. The number of carbonyl (C=O) groups is 1. The number of nitrogens with zero attached hydrogens (tertiary/aromatic N) is 2. The van der Waals surface area contributed by atoms with Crippen LogP contribution in [0.15, 0.2) is 35.4 Å². The standard InChI is InChI=1S/C14H18N2O3/c1-18-11-12-10-14(17)16(15-12)8-5-9-19-13-6-3-2-4-7-13/h2-4,6-7H,5,8-11H2,1H3. The Kier molecular flexibility index (Phi) is 4.92. The Morgan fingerprint density at radius 1 is 1.32 bits per heavy atom. The molecule has 5 nitrogen and oxygen atoms in total. The monoisotopic (exact) mass is 262 g/mol. The molecule has 19 heavy (non-hydrogen) atoms. The van der Waals surface area contributed by atoms with Crippen LogP contribution in [0.4, 0.5) is 0 Å². The van der Waals surface area contributed by atoms with E-state index in [1.165, 1.54) is 5.01 Å². The van der Waals surface area contributed by atoms with Gasteiger partial charge in [-0.15, -0.1) is 0 Å². The first kappa shape index (κ1) is 13.5. The molecular formula is C14H18N2O3. The highest BCUT2D eigenvalue weighted by Gasteiger charge is 2.22. The minimum Gasteiger partial charge on any atom is -0.494 e. The van der Waals surface area contributed by atoms with Gasteiger partial charge in [0, 0.05) is 20.1 Å². The van der Waals surface area contributed by atoms with E-state index in [1.807, 2.05) is 30.3 Å². The summed E-state index contributed by atoms with van der Waals surface area (Å²) in [6, 6.07) is 9.63. The molecule has 0 aliphatic carbocycles. The number of rotatable bonds is 7. The number of methoxy groups -OCH3 is 1. The maximum absolute atomic E-state index is 11.6. The second-order valence-electron chi connectivity index (χ2n) is 4.31. The highest BCUT2D eigenvalue weighted by molar-refractivity contribution is 6.05. The molecule has 1 heterocycles. The molecule has 0 aromatic heterocycles. The maximum Gasteiger partial charge on any atom is 0.248 e. The molecule has 0 saturated carbocycles. The number of hydrazone groups is 1. The second kappa shape index (κ2) is 6.89. The third-order valence-electron chi connectivity index (χ3n) is 2.74. The predicted octanol–water partition coefficient (Wildman–Crippen LogP) is 1.69. The summed E-state index contributed by atoms with van der Waals surface area (Å²) in [5.41, 5.74) is 0.788. The smallest absolute Gasteiger partial charge is 0.248 e. The van der Waals surface area contributed by atoms with Crippen LogP contribution in [0.5, 0.6) is 5.75 Å². The SMILES string of the molecule is COCC1=NN(CCCOc2ccccc2)C(=O)C1. The average Bonchev–Trinajstić information content (AvgIpc) is 2.77. The van der Waals surface area contributed by atoms with Gasteiger partial charge in [0.15, 0.2) is 0 Å². The predicted molar refractivity (Wildman–Crippen MR) is 72.2 cm³/mol. The van der Waals surface area contributed by atoms with Crippen molar-refractivity contribution in [2.45, 2.75) is 12.8 Å². The summed E-state index contributed by atoms with van der Waals surface area (Å²) < 4.78 is 10.5. The summed E-state index contributed by atoms with van der Waals surface area (Å²) in [7, 11) is 1.60. The van der Waals surface area contributed by atoms with E-state index in [-0.39, 0.29) is 5.91 Å². The fourth-order valence-electron chi connectivity index (χ4n) is 1.87. The first-order chi connectivity index (χ1) is 9.29. The summed E-state index contributed by atoms with van der Waals surface area (Å²) in [5, 5.41) is 5.73. The van der Waals surface area contributed by atoms with Gasteiger partial charge >= 0.3 is 0 Å². The molecule has 0 radical (unpaired) electrons. The normalized spacial score (nSPS) is 14.7. The summed E-state index contributed by atoms with van der Waals surface area (Å²) in [4.78, 5) is 11.6. The second-order valence-corrected chi connectivity index (χ2v) is 4.31. The molecule has 1 aromatic rings. The highest BCUT2D eigenvalue weighted by atomic mass is 16.5. The lowest BCUT2D eigenvalue weighted by Gasteiger charge is -2.11. The van der Waals surface area contributed by atoms with Gasteiger partial charge in [-0.05, 0) is 12.1 Å². The zero-order valence-electron chi connectivity index (χ0n) is 11.0. The lowest BCUT2D eigenvalue weighted by atomic mass is 10.3. The Morgan fingerprint density at radius 2 is 2.11 bits per heavy atom. The van der Waals surface area contributed by atoms with E-state index in [0.29, 0.717) is 26.2 Å². The largest absolute Gasteiger partial charge is 0.494 e. The number of ether oxygens (including phenoxy) is 2. The molecule has 1 aliphatic rings. The zero-order chi connectivity index (χ0) is 13.5. The minimum atomic E-state index is 0.0340. The molecule has 2 rings (SSSR count). The molecule has 0 bridgehead atoms. The van der Waals surface area contributed by atoms with Crippen LogP contribution in [0, 0.1) is 0 Å².